The van der Waals surface area contributed by atoms with Crippen LogP contribution in [0.25, 0.3) is 0 Å². The van der Waals surface area contributed by atoms with Gasteiger partial charge in [-0.2, -0.15) is 0 Å². The minimum Gasteiger partial charge on any atom is -0.369 e. The Morgan fingerprint density at radius 1 is 0.900 bits per heavy atom. The quantitative estimate of drug-likeness (QED) is 0.714. The van der Waals surface area contributed by atoms with Crippen LogP contribution in [0.3, 0.4) is 0 Å². The number of piperazine rings is 1. The molecule has 0 unspecified atom stereocenters. The molecule has 2 aliphatic rings. The molecule has 2 aromatic carbocycles. The average molecular weight is 427 g/mol. The number of fused-ring (bicyclic) bond motifs is 1. The van der Waals surface area contributed by atoms with Crippen molar-refractivity contribution in [3.8, 4) is 0 Å². The number of anilines is 1. The Labute approximate surface area is 180 Å². The number of nitrogens with zero attached hydrogens (tertiary/aromatic N) is 3. The van der Waals surface area contributed by atoms with Crippen molar-refractivity contribution in [1.29, 1.82) is 0 Å². The van der Waals surface area contributed by atoms with E-state index in [9.17, 15) is 14.4 Å². The van der Waals surface area contributed by atoms with Crippen molar-refractivity contribution in [2.75, 3.05) is 50.7 Å². The lowest BCUT2D eigenvalue weighted by molar-refractivity contribution is -0.121. The van der Waals surface area contributed by atoms with E-state index in [2.05, 4.69) is 15.1 Å². The van der Waals surface area contributed by atoms with Gasteiger partial charge in [0.2, 0.25) is 5.91 Å². The molecule has 4 rings (SSSR count). The Bertz CT molecular complexity index is 920. The summed E-state index contributed by atoms with van der Waals surface area (Å²) in [7, 11) is 0. The van der Waals surface area contributed by atoms with Crippen LogP contribution in [-0.2, 0) is 4.79 Å². The monoisotopic (exact) mass is 426 g/mol. The number of imide groups is 1. The molecule has 156 valence electrons. The fourth-order valence-corrected chi connectivity index (χ4v) is 3.94. The number of hydrogen-bond donors (Lipinski definition) is 1. The SMILES string of the molecule is O=C(CN1C(=O)c2ccccc2C1=O)NCCN1CCN(c2ccc(Cl)cc2)CC1. The molecular weight excluding hydrogens is 404 g/mol. The number of halogens is 1. The number of carbonyl (C=O) groups excluding carboxylic acids is 3. The molecule has 1 N–H and O–H groups in total. The molecular formula is C22H23ClN4O3. The maximum atomic E-state index is 12.3. The molecule has 7 nitrogen and oxygen atoms in total. The van der Waals surface area contributed by atoms with Crippen LogP contribution < -0.4 is 10.2 Å². The first-order valence-electron chi connectivity index (χ1n) is 9.98. The number of nitrogens with one attached hydrogen (secondary N) is 1. The summed E-state index contributed by atoms with van der Waals surface area (Å²) in [6, 6.07) is 14.5. The van der Waals surface area contributed by atoms with Crippen LogP contribution in [0.4, 0.5) is 5.69 Å². The maximum absolute atomic E-state index is 12.3. The third-order valence-electron chi connectivity index (χ3n) is 5.49. The molecule has 1 saturated heterocycles. The minimum absolute atomic E-state index is 0.253. The van der Waals surface area contributed by atoms with Gasteiger partial charge in [-0.1, -0.05) is 23.7 Å². The second-order valence-corrected chi connectivity index (χ2v) is 7.83. The fraction of sp³-hybridized carbons (Fsp3) is 0.318. The summed E-state index contributed by atoms with van der Waals surface area (Å²) in [5.41, 5.74) is 1.87. The van der Waals surface area contributed by atoms with Gasteiger partial charge in [-0.15, -0.1) is 0 Å². The molecule has 0 aromatic heterocycles. The van der Waals surface area contributed by atoms with Crippen LogP contribution in [-0.4, -0.2) is 73.3 Å². The maximum Gasteiger partial charge on any atom is 0.262 e. The van der Waals surface area contributed by atoms with Gasteiger partial charge in [0.1, 0.15) is 6.54 Å². The van der Waals surface area contributed by atoms with Crippen molar-refractivity contribution < 1.29 is 14.4 Å². The number of hydrogen-bond acceptors (Lipinski definition) is 5. The zero-order chi connectivity index (χ0) is 21.1. The van der Waals surface area contributed by atoms with Crippen molar-refractivity contribution >= 4 is 35.0 Å². The first kappa shape index (κ1) is 20.4. The van der Waals surface area contributed by atoms with E-state index in [0.717, 1.165) is 48.3 Å². The lowest BCUT2D eigenvalue weighted by Crippen LogP contribution is -2.49. The fourth-order valence-electron chi connectivity index (χ4n) is 3.82. The average Bonchev–Trinajstić information content (AvgIpc) is 3.00. The summed E-state index contributed by atoms with van der Waals surface area (Å²) in [6.45, 7) is 4.56. The van der Waals surface area contributed by atoms with Crippen molar-refractivity contribution in [2.24, 2.45) is 0 Å². The topological polar surface area (TPSA) is 73.0 Å². The molecule has 0 saturated carbocycles. The summed E-state index contributed by atoms with van der Waals surface area (Å²) >= 11 is 5.95. The van der Waals surface area contributed by atoms with Crippen LogP contribution in [0.1, 0.15) is 20.7 Å². The van der Waals surface area contributed by atoms with E-state index in [0.29, 0.717) is 17.7 Å². The normalized spacial score (nSPS) is 16.7. The number of benzene rings is 2. The van der Waals surface area contributed by atoms with Crippen LogP contribution in [0.15, 0.2) is 48.5 Å². The van der Waals surface area contributed by atoms with Gasteiger partial charge in [0, 0.05) is 50.0 Å². The molecule has 1 fully saturated rings. The molecule has 2 aliphatic heterocycles. The summed E-state index contributed by atoms with van der Waals surface area (Å²) in [4.78, 5) is 42.5. The standard InChI is InChI=1S/C22H23ClN4O3/c23-16-5-7-17(8-6-16)26-13-11-25(12-14-26)10-9-24-20(28)15-27-21(29)18-3-1-2-4-19(18)22(27)30/h1-8H,9-15H2,(H,24,28). The molecule has 3 amide bonds. The molecule has 8 heteroatoms. The second kappa shape index (κ2) is 8.85. The van der Waals surface area contributed by atoms with Crippen LogP contribution >= 0.6 is 11.6 Å². The molecule has 30 heavy (non-hydrogen) atoms. The van der Waals surface area contributed by atoms with E-state index in [-0.39, 0.29) is 12.5 Å². The predicted octanol–water partition coefficient (Wildman–Crippen LogP) is 1.87. The van der Waals surface area contributed by atoms with Gasteiger partial charge in [0.05, 0.1) is 11.1 Å². The Morgan fingerprint density at radius 2 is 1.50 bits per heavy atom. The van der Waals surface area contributed by atoms with E-state index >= 15 is 0 Å². The minimum atomic E-state index is -0.413. The number of amides is 3. The second-order valence-electron chi connectivity index (χ2n) is 7.40. The van der Waals surface area contributed by atoms with Gasteiger partial charge >= 0.3 is 0 Å². The summed E-state index contributed by atoms with van der Waals surface area (Å²) < 4.78 is 0. The molecule has 0 atom stereocenters. The first-order valence-corrected chi connectivity index (χ1v) is 10.4. The number of rotatable bonds is 6. The molecule has 0 aliphatic carbocycles. The van der Waals surface area contributed by atoms with Crippen LogP contribution in [0, 0.1) is 0 Å². The van der Waals surface area contributed by atoms with Gasteiger partial charge in [-0.25, -0.2) is 0 Å². The smallest absolute Gasteiger partial charge is 0.262 e. The van der Waals surface area contributed by atoms with Crippen molar-refractivity contribution in [3.05, 3.63) is 64.7 Å². The van der Waals surface area contributed by atoms with E-state index < -0.39 is 11.8 Å². The third kappa shape index (κ3) is 4.32. The van der Waals surface area contributed by atoms with E-state index in [1.54, 1.807) is 24.3 Å². The van der Waals surface area contributed by atoms with Gasteiger partial charge < -0.3 is 10.2 Å². The summed E-state index contributed by atoms with van der Waals surface area (Å²) in [5, 5.41) is 3.55. The highest BCUT2D eigenvalue weighted by atomic mass is 35.5. The van der Waals surface area contributed by atoms with Gasteiger partial charge in [0.25, 0.3) is 11.8 Å². The van der Waals surface area contributed by atoms with E-state index in [1.165, 1.54) is 0 Å². The highest BCUT2D eigenvalue weighted by Gasteiger charge is 2.36. The third-order valence-corrected chi connectivity index (χ3v) is 5.75. The summed E-state index contributed by atoms with van der Waals surface area (Å²) in [6.07, 6.45) is 0. The molecule has 2 heterocycles. The predicted molar refractivity (Wildman–Crippen MR) is 115 cm³/mol. The van der Waals surface area contributed by atoms with Gasteiger partial charge in [0.15, 0.2) is 0 Å². The lowest BCUT2D eigenvalue weighted by Gasteiger charge is -2.36. The lowest BCUT2D eigenvalue weighted by atomic mass is 10.1. The van der Waals surface area contributed by atoms with Crippen molar-refractivity contribution in [3.63, 3.8) is 0 Å². The Kier molecular flexibility index (Phi) is 6.01. The van der Waals surface area contributed by atoms with Crippen LogP contribution in [0.2, 0.25) is 5.02 Å². The van der Waals surface area contributed by atoms with Gasteiger partial charge in [-0.05, 0) is 36.4 Å². The first-order chi connectivity index (χ1) is 14.5. The Hall–Kier alpha value is -2.90. The zero-order valence-electron chi connectivity index (χ0n) is 16.5. The van der Waals surface area contributed by atoms with Crippen molar-refractivity contribution in [1.82, 2.24) is 15.1 Å². The molecule has 0 spiro atoms. The van der Waals surface area contributed by atoms with Crippen LogP contribution in [0.5, 0.6) is 0 Å². The van der Waals surface area contributed by atoms with Crippen molar-refractivity contribution in [2.45, 2.75) is 0 Å². The van der Waals surface area contributed by atoms with E-state index in [1.807, 2.05) is 24.3 Å². The Morgan fingerprint density at radius 3 is 2.10 bits per heavy atom. The highest BCUT2D eigenvalue weighted by molar-refractivity contribution is 6.30. The zero-order valence-corrected chi connectivity index (χ0v) is 17.3. The Balaban J connectivity index is 1.19. The molecule has 2 aromatic rings. The molecule has 0 bridgehead atoms. The van der Waals surface area contributed by atoms with E-state index in [4.69, 9.17) is 11.6 Å². The highest BCUT2D eigenvalue weighted by Crippen LogP contribution is 2.22. The van der Waals surface area contributed by atoms with Gasteiger partial charge in [-0.3, -0.25) is 24.2 Å². The summed E-state index contributed by atoms with van der Waals surface area (Å²) in [5.74, 6) is -1.16. The largest absolute Gasteiger partial charge is 0.369 e. The molecule has 0 radical (unpaired) electrons. The number of carbonyl (C=O) groups is 3.